The van der Waals surface area contributed by atoms with E-state index in [2.05, 4.69) is 23.4 Å². The molecule has 1 aromatic carbocycles. The maximum atomic E-state index is 3.86. The van der Waals surface area contributed by atoms with Crippen LogP contribution in [0.5, 0.6) is 0 Å². The molecule has 1 rings (SSSR count). The second-order valence-corrected chi connectivity index (χ2v) is 2.26. The van der Waals surface area contributed by atoms with E-state index in [0.29, 0.717) is 0 Å². The molecule has 0 radical (unpaired) electrons. The fraction of sp³-hybridized carbons (Fsp3) is 0.385. The summed E-state index contributed by atoms with van der Waals surface area (Å²) >= 11 is 0. The van der Waals surface area contributed by atoms with Crippen LogP contribution in [0.25, 0.3) is 0 Å². The zero-order chi connectivity index (χ0) is 12.3. The number of benzene rings is 1. The van der Waals surface area contributed by atoms with Crippen molar-refractivity contribution in [2.45, 2.75) is 34.6 Å². The van der Waals surface area contributed by atoms with Gasteiger partial charge in [0.15, 0.2) is 0 Å². The minimum atomic E-state index is 0.792. The lowest BCUT2D eigenvalue weighted by molar-refractivity contribution is 1.38. The standard InChI is InChI=1S/C9H10N2.2C2H6/c1-7-5-4-6-8(10-2)9(7)11-3;2*1-2/h4-6H,2-3H2,1H3;2*1-2H3. The summed E-state index contributed by atoms with van der Waals surface area (Å²) in [7, 11) is 0. The van der Waals surface area contributed by atoms with Gasteiger partial charge in [-0.15, -0.1) is 0 Å². The third-order valence-electron chi connectivity index (χ3n) is 1.54. The van der Waals surface area contributed by atoms with Crippen LogP contribution in [0.1, 0.15) is 33.3 Å². The van der Waals surface area contributed by atoms with Gasteiger partial charge in [-0.2, -0.15) is 0 Å². The number of para-hydroxylation sites is 1. The highest BCUT2D eigenvalue weighted by Gasteiger charge is 1.99. The van der Waals surface area contributed by atoms with Crippen molar-refractivity contribution in [3.8, 4) is 0 Å². The first-order chi connectivity index (χ1) is 7.29. The molecule has 0 spiro atoms. The first-order valence-corrected chi connectivity index (χ1v) is 5.32. The predicted molar refractivity (Wildman–Crippen MR) is 72.3 cm³/mol. The van der Waals surface area contributed by atoms with Gasteiger partial charge in [-0.1, -0.05) is 39.8 Å². The van der Waals surface area contributed by atoms with E-state index in [1.54, 1.807) is 0 Å². The van der Waals surface area contributed by atoms with Gasteiger partial charge in [-0.25, -0.2) is 0 Å². The average Bonchev–Trinajstić information content (AvgIpc) is 2.33. The van der Waals surface area contributed by atoms with Gasteiger partial charge >= 0.3 is 0 Å². The Morgan fingerprint density at radius 2 is 1.47 bits per heavy atom. The van der Waals surface area contributed by atoms with Crippen molar-refractivity contribution in [1.29, 1.82) is 0 Å². The van der Waals surface area contributed by atoms with Crippen LogP contribution in [-0.2, 0) is 0 Å². The monoisotopic (exact) mass is 206 g/mol. The van der Waals surface area contributed by atoms with Crippen molar-refractivity contribution in [2.75, 3.05) is 0 Å². The molecule has 0 N–H and O–H groups in total. The first-order valence-electron chi connectivity index (χ1n) is 5.32. The minimum absolute atomic E-state index is 0.792. The molecule has 0 atom stereocenters. The quantitative estimate of drug-likeness (QED) is 0.626. The fourth-order valence-electron chi connectivity index (χ4n) is 0.977. The molecular formula is C13H22N2. The molecule has 0 bridgehead atoms. The van der Waals surface area contributed by atoms with E-state index >= 15 is 0 Å². The van der Waals surface area contributed by atoms with Crippen molar-refractivity contribution in [2.24, 2.45) is 9.98 Å². The molecule has 2 nitrogen and oxygen atoms in total. The number of hydrogen-bond acceptors (Lipinski definition) is 2. The van der Waals surface area contributed by atoms with E-state index in [0.717, 1.165) is 16.9 Å². The van der Waals surface area contributed by atoms with Gasteiger partial charge in [0.25, 0.3) is 0 Å². The van der Waals surface area contributed by atoms with Crippen LogP contribution in [0.3, 0.4) is 0 Å². The van der Waals surface area contributed by atoms with Crippen LogP contribution >= 0.6 is 0 Å². The molecule has 0 saturated heterocycles. The van der Waals surface area contributed by atoms with E-state index in [1.807, 2.05) is 52.8 Å². The van der Waals surface area contributed by atoms with Crippen LogP contribution < -0.4 is 0 Å². The molecule has 2 heteroatoms. The molecule has 84 valence electrons. The number of aliphatic imine (C=N–C) groups is 2. The third kappa shape index (κ3) is 5.11. The smallest absolute Gasteiger partial charge is 0.0907 e. The molecule has 0 amide bonds. The van der Waals surface area contributed by atoms with Crippen LogP contribution in [-0.4, -0.2) is 13.4 Å². The zero-order valence-electron chi connectivity index (χ0n) is 10.5. The largest absolute Gasteiger partial charge is 0.262 e. The van der Waals surface area contributed by atoms with E-state index in [9.17, 15) is 0 Å². The predicted octanol–water partition coefficient (Wildman–Crippen LogP) is 4.71. The number of nitrogens with zero attached hydrogens (tertiary/aromatic N) is 2. The lowest BCUT2D eigenvalue weighted by Gasteiger charge is -2.01. The second kappa shape index (κ2) is 10.6. The lowest BCUT2D eigenvalue weighted by atomic mass is 10.2. The van der Waals surface area contributed by atoms with Crippen molar-refractivity contribution < 1.29 is 0 Å². The Morgan fingerprint density at radius 3 is 1.80 bits per heavy atom. The fourth-order valence-corrected chi connectivity index (χ4v) is 0.977. The van der Waals surface area contributed by atoms with Crippen LogP contribution in [0.4, 0.5) is 11.4 Å². The van der Waals surface area contributed by atoms with Gasteiger partial charge < -0.3 is 0 Å². The Balaban J connectivity index is 0. The summed E-state index contributed by atoms with van der Waals surface area (Å²) in [6, 6.07) is 5.76. The number of rotatable bonds is 2. The van der Waals surface area contributed by atoms with E-state index in [1.165, 1.54) is 0 Å². The van der Waals surface area contributed by atoms with Gasteiger partial charge in [-0.05, 0) is 32.0 Å². The molecule has 1 aromatic rings. The Labute approximate surface area is 93.8 Å². The molecule has 15 heavy (non-hydrogen) atoms. The van der Waals surface area contributed by atoms with Crippen LogP contribution in [0.2, 0.25) is 0 Å². The minimum Gasteiger partial charge on any atom is -0.262 e. The van der Waals surface area contributed by atoms with Gasteiger partial charge in [0.1, 0.15) is 0 Å². The maximum absolute atomic E-state index is 3.86. The first kappa shape index (κ1) is 16.0. The highest BCUT2D eigenvalue weighted by atomic mass is 14.8. The maximum Gasteiger partial charge on any atom is 0.0907 e. The molecule has 0 saturated carbocycles. The van der Waals surface area contributed by atoms with Crippen LogP contribution in [0.15, 0.2) is 28.2 Å². The van der Waals surface area contributed by atoms with Crippen molar-refractivity contribution in [3.63, 3.8) is 0 Å². The summed E-state index contributed by atoms with van der Waals surface area (Å²) in [5.41, 5.74) is 2.69. The Hall–Kier alpha value is -1.44. The average molecular weight is 206 g/mol. The molecule has 0 aliphatic heterocycles. The van der Waals surface area contributed by atoms with Crippen LogP contribution in [0, 0.1) is 6.92 Å². The summed E-state index contributed by atoms with van der Waals surface area (Å²) in [5.74, 6) is 0. The summed E-state index contributed by atoms with van der Waals surface area (Å²) < 4.78 is 0. The summed E-state index contributed by atoms with van der Waals surface area (Å²) in [4.78, 5) is 7.68. The Kier molecular flexibility index (Phi) is 11.4. The van der Waals surface area contributed by atoms with Gasteiger partial charge in [0.2, 0.25) is 0 Å². The van der Waals surface area contributed by atoms with E-state index in [4.69, 9.17) is 0 Å². The molecular weight excluding hydrogens is 184 g/mol. The Morgan fingerprint density at radius 1 is 0.933 bits per heavy atom. The highest BCUT2D eigenvalue weighted by molar-refractivity contribution is 5.69. The summed E-state index contributed by atoms with van der Waals surface area (Å²) in [6.07, 6.45) is 0. The highest BCUT2D eigenvalue weighted by Crippen LogP contribution is 2.29. The molecule has 0 aliphatic rings. The normalized spacial score (nSPS) is 7.53. The van der Waals surface area contributed by atoms with Gasteiger partial charge in [0.05, 0.1) is 11.4 Å². The van der Waals surface area contributed by atoms with Gasteiger partial charge in [0, 0.05) is 0 Å². The Bertz CT molecular complexity index is 291. The van der Waals surface area contributed by atoms with E-state index < -0.39 is 0 Å². The summed E-state index contributed by atoms with van der Waals surface area (Å²) in [5, 5.41) is 0. The molecule has 0 unspecified atom stereocenters. The molecule has 0 aromatic heterocycles. The van der Waals surface area contributed by atoms with Crippen molar-refractivity contribution >= 4 is 24.8 Å². The molecule has 0 heterocycles. The third-order valence-corrected chi connectivity index (χ3v) is 1.54. The van der Waals surface area contributed by atoms with Crippen molar-refractivity contribution in [3.05, 3.63) is 23.8 Å². The lowest BCUT2D eigenvalue weighted by Crippen LogP contribution is -1.73. The number of aryl methyl sites for hydroxylation is 1. The topological polar surface area (TPSA) is 24.7 Å². The molecule has 0 aliphatic carbocycles. The number of hydrogen-bond donors (Lipinski definition) is 0. The van der Waals surface area contributed by atoms with Gasteiger partial charge in [-0.3, -0.25) is 9.98 Å². The molecule has 0 fully saturated rings. The van der Waals surface area contributed by atoms with Crippen molar-refractivity contribution in [1.82, 2.24) is 0 Å². The second-order valence-electron chi connectivity index (χ2n) is 2.26. The summed E-state index contributed by atoms with van der Waals surface area (Å²) in [6.45, 7) is 16.9. The SMILES string of the molecule is C=Nc1cccc(C)c1N=C.CC.CC. The van der Waals surface area contributed by atoms with E-state index in [-0.39, 0.29) is 0 Å². The zero-order valence-corrected chi connectivity index (χ0v) is 10.5.